The number of anilines is 1. The van der Waals surface area contributed by atoms with Crippen molar-refractivity contribution in [1.29, 1.82) is 0 Å². The van der Waals surface area contributed by atoms with Crippen molar-refractivity contribution in [1.82, 2.24) is 20.4 Å². The highest BCUT2D eigenvalue weighted by atomic mass is 16.5. The predicted molar refractivity (Wildman–Crippen MR) is 78.0 cm³/mol. The molecule has 7 heteroatoms. The zero-order chi connectivity index (χ0) is 15.2. The van der Waals surface area contributed by atoms with Gasteiger partial charge >= 0.3 is 0 Å². The quantitative estimate of drug-likeness (QED) is 0.868. The Morgan fingerprint density at radius 1 is 1.43 bits per heavy atom. The maximum Gasteiger partial charge on any atom is 0.252 e. The molecule has 0 aliphatic carbocycles. The number of aryl methyl sites for hydroxylation is 1. The van der Waals surface area contributed by atoms with Gasteiger partial charge in [0.15, 0.2) is 5.82 Å². The molecular weight excluding hydrogens is 270 g/mol. The molecule has 0 aliphatic heterocycles. The molecular formula is C14H19N5O2. The SMILES string of the molecule is CCCNC(=O)c1ccc(N(C)Cc2noc(C)n2)nc1. The number of carbonyl (C=O) groups is 1. The number of amides is 1. The first-order valence-corrected chi connectivity index (χ1v) is 6.84. The van der Waals surface area contributed by atoms with Crippen molar-refractivity contribution in [2.24, 2.45) is 0 Å². The summed E-state index contributed by atoms with van der Waals surface area (Å²) in [5.41, 5.74) is 0.552. The zero-order valence-corrected chi connectivity index (χ0v) is 12.5. The number of carbonyl (C=O) groups excluding carboxylic acids is 1. The summed E-state index contributed by atoms with van der Waals surface area (Å²) in [6.45, 7) is 4.91. The van der Waals surface area contributed by atoms with Crippen molar-refractivity contribution < 1.29 is 9.32 Å². The number of aromatic nitrogens is 3. The Morgan fingerprint density at radius 2 is 2.24 bits per heavy atom. The molecule has 0 aromatic carbocycles. The van der Waals surface area contributed by atoms with Gasteiger partial charge in [0, 0.05) is 26.7 Å². The highest BCUT2D eigenvalue weighted by Gasteiger charge is 2.10. The molecule has 2 aromatic heterocycles. The first kappa shape index (κ1) is 15.0. The maximum absolute atomic E-state index is 11.8. The molecule has 0 saturated carbocycles. The highest BCUT2D eigenvalue weighted by molar-refractivity contribution is 5.94. The van der Waals surface area contributed by atoms with E-state index in [0.717, 1.165) is 12.2 Å². The van der Waals surface area contributed by atoms with E-state index in [1.54, 1.807) is 25.3 Å². The number of pyridine rings is 1. The van der Waals surface area contributed by atoms with Crippen LogP contribution in [0.5, 0.6) is 0 Å². The normalized spacial score (nSPS) is 10.4. The fraction of sp³-hybridized carbons (Fsp3) is 0.429. The Balaban J connectivity index is 1.99. The minimum absolute atomic E-state index is 0.104. The zero-order valence-electron chi connectivity index (χ0n) is 12.5. The second-order valence-electron chi connectivity index (χ2n) is 4.75. The molecule has 0 atom stereocenters. The van der Waals surface area contributed by atoms with E-state index in [-0.39, 0.29) is 5.91 Å². The Morgan fingerprint density at radius 3 is 2.81 bits per heavy atom. The fourth-order valence-corrected chi connectivity index (χ4v) is 1.79. The van der Waals surface area contributed by atoms with Crippen molar-refractivity contribution in [3.63, 3.8) is 0 Å². The van der Waals surface area contributed by atoms with Crippen molar-refractivity contribution in [3.8, 4) is 0 Å². The van der Waals surface area contributed by atoms with Crippen LogP contribution >= 0.6 is 0 Å². The number of hydrogen-bond donors (Lipinski definition) is 1. The molecule has 0 unspecified atom stereocenters. The lowest BCUT2D eigenvalue weighted by Gasteiger charge is -2.16. The molecule has 0 radical (unpaired) electrons. The van der Waals surface area contributed by atoms with Gasteiger partial charge in [-0.3, -0.25) is 4.79 Å². The Labute approximate surface area is 123 Å². The molecule has 0 aliphatic rings. The van der Waals surface area contributed by atoms with Gasteiger partial charge in [0.2, 0.25) is 5.89 Å². The van der Waals surface area contributed by atoms with Crippen LogP contribution in [-0.2, 0) is 6.54 Å². The number of rotatable bonds is 6. The number of hydrogen-bond acceptors (Lipinski definition) is 6. The summed E-state index contributed by atoms with van der Waals surface area (Å²) in [5.74, 6) is 1.77. The minimum Gasteiger partial charge on any atom is -0.352 e. The molecule has 2 rings (SSSR count). The lowest BCUT2D eigenvalue weighted by atomic mass is 10.2. The lowest BCUT2D eigenvalue weighted by Crippen LogP contribution is -2.24. The lowest BCUT2D eigenvalue weighted by molar-refractivity contribution is 0.0953. The van der Waals surface area contributed by atoms with Gasteiger partial charge in [-0.15, -0.1) is 0 Å². The van der Waals surface area contributed by atoms with E-state index >= 15 is 0 Å². The molecule has 1 amide bonds. The van der Waals surface area contributed by atoms with Crippen molar-refractivity contribution in [2.75, 3.05) is 18.5 Å². The van der Waals surface area contributed by atoms with Crippen LogP contribution in [0, 0.1) is 6.92 Å². The summed E-state index contributed by atoms with van der Waals surface area (Å²) in [6, 6.07) is 3.55. The van der Waals surface area contributed by atoms with E-state index in [1.807, 2.05) is 18.9 Å². The molecule has 0 fully saturated rings. The van der Waals surface area contributed by atoms with Gasteiger partial charge in [0.25, 0.3) is 5.91 Å². The molecule has 0 spiro atoms. The summed E-state index contributed by atoms with van der Waals surface area (Å²) < 4.78 is 4.93. The summed E-state index contributed by atoms with van der Waals surface area (Å²) in [6.07, 6.45) is 2.47. The van der Waals surface area contributed by atoms with Crippen LogP contribution in [0.4, 0.5) is 5.82 Å². The Hall–Kier alpha value is -2.44. The second kappa shape index (κ2) is 6.83. The smallest absolute Gasteiger partial charge is 0.252 e. The summed E-state index contributed by atoms with van der Waals surface area (Å²) >= 11 is 0. The van der Waals surface area contributed by atoms with Crippen molar-refractivity contribution in [3.05, 3.63) is 35.6 Å². The second-order valence-corrected chi connectivity index (χ2v) is 4.75. The van der Waals surface area contributed by atoms with Gasteiger partial charge in [-0.1, -0.05) is 12.1 Å². The minimum atomic E-state index is -0.104. The van der Waals surface area contributed by atoms with Gasteiger partial charge in [0.05, 0.1) is 12.1 Å². The van der Waals surface area contributed by atoms with Crippen LogP contribution < -0.4 is 10.2 Å². The predicted octanol–water partition coefficient (Wildman–Crippen LogP) is 1.55. The monoisotopic (exact) mass is 289 g/mol. The molecule has 0 saturated heterocycles. The van der Waals surface area contributed by atoms with Crippen LogP contribution in [0.3, 0.4) is 0 Å². The van der Waals surface area contributed by atoms with Crippen LogP contribution in [0.25, 0.3) is 0 Å². The third-order valence-electron chi connectivity index (χ3n) is 2.88. The Kier molecular flexibility index (Phi) is 4.86. The van der Waals surface area contributed by atoms with Crippen LogP contribution in [0.15, 0.2) is 22.9 Å². The van der Waals surface area contributed by atoms with E-state index in [1.165, 1.54) is 0 Å². The third-order valence-corrected chi connectivity index (χ3v) is 2.88. The molecule has 7 nitrogen and oxygen atoms in total. The van der Waals surface area contributed by atoms with Gasteiger partial charge < -0.3 is 14.7 Å². The van der Waals surface area contributed by atoms with Gasteiger partial charge in [-0.25, -0.2) is 4.98 Å². The Bertz CT molecular complexity index is 594. The standard InChI is InChI=1S/C14H19N5O2/c1-4-7-15-14(20)11-5-6-13(16-8-11)19(3)9-12-17-10(2)21-18-12/h5-6,8H,4,7,9H2,1-3H3,(H,15,20). The van der Waals surface area contributed by atoms with E-state index in [0.29, 0.717) is 30.4 Å². The number of nitrogens with zero attached hydrogens (tertiary/aromatic N) is 4. The third kappa shape index (κ3) is 4.01. The molecule has 0 bridgehead atoms. The maximum atomic E-state index is 11.8. The molecule has 1 N–H and O–H groups in total. The highest BCUT2D eigenvalue weighted by Crippen LogP contribution is 2.12. The van der Waals surface area contributed by atoms with Gasteiger partial charge in [-0.05, 0) is 18.6 Å². The summed E-state index contributed by atoms with van der Waals surface area (Å²) in [7, 11) is 1.88. The van der Waals surface area contributed by atoms with E-state index in [2.05, 4.69) is 20.4 Å². The number of nitrogens with one attached hydrogen (secondary N) is 1. The van der Waals surface area contributed by atoms with Gasteiger partial charge in [0.1, 0.15) is 5.82 Å². The van der Waals surface area contributed by atoms with E-state index in [4.69, 9.17) is 4.52 Å². The average Bonchev–Trinajstić information content (AvgIpc) is 2.90. The van der Waals surface area contributed by atoms with Crippen LogP contribution in [0.2, 0.25) is 0 Å². The van der Waals surface area contributed by atoms with E-state index < -0.39 is 0 Å². The van der Waals surface area contributed by atoms with Crippen molar-refractivity contribution in [2.45, 2.75) is 26.8 Å². The van der Waals surface area contributed by atoms with Crippen molar-refractivity contribution >= 4 is 11.7 Å². The molecule has 2 aromatic rings. The summed E-state index contributed by atoms with van der Waals surface area (Å²) in [5, 5.41) is 6.66. The first-order valence-electron chi connectivity index (χ1n) is 6.84. The van der Waals surface area contributed by atoms with E-state index in [9.17, 15) is 4.79 Å². The molecule has 2 heterocycles. The first-order chi connectivity index (χ1) is 10.1. The topological polar surface area (TPSA) is 84.2 Å². The summed E-state index contributed by atoms with van der Waals surface area (Å²) in [4.78, 5) is 22.1. The molecule has 21 heavy (non-hydrogen) atoms. The van der Waals surface area contributed by atoms with Crippen LogP contribution in [0.1, 0.15) is 35.4 Å². The molecule has 112 valence electrons. The van der Waals surface area contributed by atoms with Gasteiger partial charge in [-0.2, -0.15) is 4.98 Å². The fourth-order valence-electron chi connectivity index (χ4n) is 1.79. The largest absolute Gasteiger partial charge is 0.352 e. The average molecular weight is 289 g/mol. The van der Waals surface area contributed by atoms with Crippen LogP contribution in [-0.4, -0.2) is 34.6 Å².